The normalized spacial score (nSPS) is 14.5. The number of anilines is 1. The molecule has 1 N–H and O–H groups in total. The van der Waals surface area contributed by atoms with Crippen LogP contribution in [0.2, 0.25) is 0 Å². The molecule has 0 bridgehead atoms. The number of nitrogens with one attached hydrogen (secondary N) is 1. The molecule has 1 amide bonds. The highest BCUT2D eigenvalue weighted by molar-refractivity contribution is 7.89. The van der Waals surface area contributed by atoms with Gasteiger partial charge in [0.05, 0.1) is 24.7 Å². The third kappa shape index (κ3) is 7.04. The summed E-state index contributed by atoms with van der Waals surface area (Å²) in [7, 11) is -3.60. The lowest BCUT2D eigenvalue weighted by atomic mass is 10.3. The van der Waals surface area contributed by atoms with Gasteiger partial charge < -0.3 is 19.5 Å². The van der Waals surface area contributed by atoms with Gasteiger partial charge in [0, 0.05) is 25.2 Å². The molecule has 0 radical (unpaired) electrons. The predicted octanol–water partition coefficient (Wildman–Crippen LogP) is 2.05. The standard InChI is InChI=1S/C22H26N2O7S/c25-21(17-31-22(26)7-4-14-30-19-5-2-1-3-6-19)23-18-8-10-20(11-9-18)32(27,28)24-12-15-29-16-13-24/h1-3,5-6,8-11H,4,7,12-17H2,(H,23,25). The average molecular weight is 463 g/mol. The second-order valence-corrected chi connectivity index (χ2v) is 8.95. The van der Waals surface area contributed by atoms with E-state index in [4.69, 9.17) is 14.2 Å². The minimum Gasteiger partial charge on any atom is -0.494 e. The van der Waals surface area contributed by atoms with Crippen LogP contribution in [0.25, 0.3) is 0 Å². The molecule has 1 fully saturated rings. The van der Waals surface area contributed by atoms with Gasteiger partial charge in [-0.2, -0.15) is 4.31 Å². The van der Waals surface area contributed by atoms with E-state index in [9.17, 15) is 18.0 Å². The molecule has 2 aromatic rings. The minimum absolute atomic E-state index is 0.133. The number of benzene rings is 2. The number of morpholine rings is 1. The van der Waals surface area contributed by atoms with Crippen molar-refractivity contribution in [2.24, 2.45) is 0 Å². The number of ether oxygens (including phenoxy) is 3. The Hall–Kier alpha value is -2.95. The van der Waals surface area contributed by atoms with Crippen LogP contribution in [0, 0.1) is 0 Å². The lowest BCUT2D eigenvalue weighted by molar-refractivity contribution is -0.147. The van der Waals surface area contributed by atoms with Gasteiger partial charge in [0.25, 0.3) is 5.91 Å². The number of nitrogens with zero attached hydrogens (tertiary/aromatic N) is 1. The van der Waals surface area contributed by atoms with Crippen LogP contribution in [0.15, 0.2) is 59.5 Å². The maximum Gasteiger partial charge on any atom is 0.306 e. The summed E-state index contributed by atoms with van der Waals surface area (Å²) >= 11 is 0. The molecule has 0 aromatic heterocycles. The van der Waals surface area contributed by atoms with Crippen molar-refractivity contribution in [1.82, 2.24) is 4.31 Å². The van der Waals surface area contributed by atoms with E-state index in [1.165, 1.54) is 28.6 Å². The van der Waals surface area contributed by atoms with Crippen molar-refractivity contribution < 1.29 is 32.2 Å². The Morgan fingerprint density at radius 3 is 2.38 bits per heavy atom. The monoisotopic (exact) mass is 462 g/mol. The molecule has 1 saturated heterocycles. The molecule has 172 valence electrons. The predicted molar refractivity (Wildman–Crippen MR) is 117 cm³/mol. The first-order valence-corrected chi connectivity index (χ1v) is 11.7. The Morgan fingerprint density at radius 2 is 1.69 bits per heavy atom. The van der Waals surface area contributed by atoms with Crippen LogP contribution >= 0.6 is 0 Å². The molecule has 9 nitrogen and oxygen atoms in total. The highest BCUT2D eigenvalue weighted by Crippen LogP contribution is 2.19. The van der Waals surface area contributed by atoms with Crippen molar-refractivity contribution >= 4 is 27.6 Å². The van der Waals surface area contributed by atoms with Crippen LogP contribution in [-0.4, -0.2) is 64.1 Å². The van der Waals surface area contributed by atoms with Gasteiger partial charge in [-0.25, -0.2) is 8.42 Å². The van der Waals surface area contributed by atoms with Crippen LogP contribution in [0.5, 0.6) is 5.75 Å². The summed E-state index contributed by atoms with van der Waals surface area (Å²) in [5.74, 6) is -0.282. The SMILES string of the molecule is O=C(COC(=O)CCCOc1ccccc1)Nc1ccc(S(=O)(=O)N2CCOCC2)cc1. The average Bonchev–Trinajstić information content (AvgIpc) is 2.82. The van der Waals surface area contributed by atoms with E-state index >= 15 is 0 Å². The number of hydrogen-bond acceptors (Lipinski definition) is 7. The second kappa shape index (κ2) is 11.6. The Kier molecular flexibility index (Phi) is 8.60. The molecular formula is C22H26N2O7S. The number of para-hydroxylation sites is 1. The van der Waals surface area contributed by atoms with Crippen molar-refractivity contribution in [2.45, 2.75) is 17.7 Å². The maximum atomic E-state index is 12.6. The summed E-state index contributed by atoms with van der Waals surface area (Å²) in [6, 6.07) is 15.1. The molecule has 0 atom stereocenters. The molecule has 1 aliphatic heterocycles. The smallest absolute Gasteiger partial charge is 0.306 e. The van der Waals surface area contributed by atoms with Gasteiger partial charge in [-0.3, -0.25) is 9.59 Å². The zero-order valence-corrected chi connectivity index (χ0v) is 18.4. The Morgan fingerprint density at radius 1 is 1.00 bits per heavy atom. The minimum atomic E-state index is -3.60. The summed E-state index contributed by atoms with van der Waals surface area (Å²) < 4.78 is 42.2. The van der Waals surface area contributed by atoms with E-state index in [0.717, 1.165) is 5.75 Å². The molecule has 0 saturated carbocycles. The van der Waals surface area contributed by atoms with Gasteiger partial charge in [-0.15, -0.1) is 0 Å². The molecular weight excluding hydrogens is 436 g/mol. The van der Waals surface area contributed by atoms with E-state index in [1.807, 2.05) is 30.3 Å². The Balaban J connectivity index is 1.37. The second-order valence-electron chi connectivity index (χ2n) is 7.01. The molecule has 0 aliphatic carbocycles. The van der Waals surface area contributed by atoms with Gasteiger partial charge in [0.2, 0.25) is 10.0 Å². The molecule has 0 spiro atoms. The van der Waals surface area contributed by atoms with Crippen LogP contribution in [0.1, 0.15) is 12.8 Å². The molecule has 32 heavy (non-hydrogen) atoms. The number of sulfonamides is 1. The number of carbonyl (C=O) groups is 2. The van der Waals surface area contributed by atoms with E-state index in [2.05, 4.69) is 5.32 Å². The molecule has 10 heteroatoms. The first-order valence-electron chi connectivity index (χ1n) is 10.3. The first-order chi connectivity index (χ1) is 15.4. The third-order valence-corrected chi connectivity index (χ3v) is 6.56. The van der Waals surface area contributed by atoms with Crippen LogP contribution < -0.4 is 10.1 Å². The summed E-state index contributed by atoms with van der Waals surface area (Å²) in [5.41, 5.74) is 0.406. The lowest BCUT2D eigenvalue weighted by Crippen LogP contribution is -2.40. The topological polar surface area (TPSA) is 111 Å². The fraction of sp³-hybridized carbons (Fsp3) is 0.364. The van der Waals surface area contributed by atoms with Crippen molar-refractivity contribution in [2.75, 3.05) is 44.8 Å². The van der Waals surface area contributed by atoms with Gasteiger partial charge in [0.1, 0.15) is 5.75 Å². The maximum absolute atomic E-state index is 12.6. The molecule has 2 aromatic carbocycles. The van der Waals surface area contributed by atoms with Gasteiger partial charge in [0.15, 0.2) is 6.61 Å². The van der Waals surface area contributed by atoms with Gasteiger partial charge in [-0.05, 0) is 42.8 Å². The molecule has 0 unspecified atom stereocenters. The van der Waals surface area contributed by atoms with E-state index in [-0.39, 0.29) is 11.3 Å². The van der Waals surface area contributed by atoms with Crippen molar-refractivity contribution in [3.63, 3.8) is 0 Å². The van der Waals surface area contributed by atoms with Crippen molar-refractivity contribution in [3.05, 3.63) is 54.6 Å². The first kappa shape index (κ1) is 23.7. The molecule has 1 aliphatic rings. The zero-order chi connectivity index (χ0) is 22.8. The number of rotatable bonds is 10. The Labute approximate surface area is 187 Å². The third-order valence-electron chi connectivity index (χ3n) is 4.65. The quantitative estimate of drug-likeness (QED) is 0.425. The van der Waals surface area contributed by atoms with Crippen LogP contribution in [0.3, 0.4) is 0 Å². The highest BCUT2D eigenvalue weighted by atomic mass is 32.2. The highest BCUT2D eigenvalue weighted by Gasteiger charge is 2.26. The largest absolute Gasteiger partial charge is 0.494 e. The summed E-state index contributed by atoms with van der Waals surface area (Å²) in [6.07, 6.45) is 0.600. The lowest BCUT2D eigenvalue weighted by Gasteiger charge is -2.26. The molecule has 3 rings (SSSR count). The van der Waals surface area contributed by atoms with E-state index in [0.29, 0.717) is 45.0 Å². The van der Waals surface area contributed by atoms with Crippen LogP contribution in [0.4, 0.5) is 5.69 Å². The van der Waals surface area contributed by atoms with Crippen molar-refractivity contribution in [1.29, 1.82) is 0 Å². The Bertz CT molecular complexity index is 989. The molecule has 1 heterocycles. The van der Waals surface area contributed by atoms with Crippen LogP contribution in [-0.2, 0) is 29.1 Å². The summed E-state index contributed by atoms with van der Waals surface area (Å²) in [5, 5.41) is 2.57. The fourth-order valence-electron chi connectivity index (χ4n) is 2.98. The van der Waals surface area contributed by atoms with E-state index in [1.54, 1.807) is 0 Å². The number of carbonyl (C=O) groups excluding carboxylic acids is 2. The zero-order valence-electron chi connectivity index (χ0n) is 17.6. The fourth-order valence-corrected chi connectivity index (χ4v) is 4.39. The van der Waals surface area contributed by atoms with Gasteiger partial charge in [-0.1, -0.05) is 18.2 Å². The summed E-state index contributed by atoms with van der Waals surface area (Å²) in [6.45, 7) is 1.30. The summed E-state index contributed by atoms with van der Waals surface area (Å²) in [4.78, 5) is 23.9. The number of amides is 1. The van der Waals surface area contributed by atoms with E-state index < -0.39 is 28.5 Å². The number of hydrogen-bond donors (Lipinski definition) is 1. The number of esters is 1. The van der Waals surface area contributed by atoms with Gasteiger partial charge >= 0.3 is 5.97 Å². The van der Waals surface area contributed by atoms with Crippen molar-refractivity contribution in [3.8, 4) is 5.75 Å².